The minimum absolute atomic E-state index is 0.00415. The second-order valence-electron chi connectivity index (χ2n) is 16.6. The van der Waals surface area contributed by atoms with Gasteiger partial charge in [0.15, 0.2) is 16.6 Å². The fourth-order valence-corrected chi connectivity index (χ4v) is 11.5. The Hall–Kier alpha value is -1.08. The third-order valence-electron chi connectivity index (χ3n) is 12.4. The van der Waals surface area contributed by atoms with Crippen LogP contribution in [-0.2, 0) is 23.6 Å². The second kappa shape index (κ2) is 9.24. The maximum absolute atomic E-state index is 14.7. The monoisotopic (exact) mass is 631 g/mol. The lowest BCUT2D eigenvalue weighted by molar-refractivity contribution is -0.0614. The summed E-state index contributed by atoms with van der Waals surface area (Å²) in [5.41, 5.74) is -1.93. The van der Waals surface area contributed by atoms with Gasteiger partial charge in [-0.1, -0.05) is 83.5 Å². The van der Waals surface area contributed by atoms with Crippen molar-refractivity contribution in [2.75, 3.05) is 13.2 Å². The Morgan fingerprint density at radius 1 is 0.833 bits per heavy atom. The molecule has 6 atom stereocenters. The molecule has 4 aliphatic heterocycles. The number of aryl methyl sites for hydroxylation is 1. The lowest BCUT2D eigenvalue weighted by Crippen LogP contribution is -2.66. The Kier molecular flexibility index (Phi) is 7.11. The zero-order valence-electron chi connectivity index (χ0n) is 28.1. The van der Waals surface area contributed by atoms with Crippen LogP contribution >= 0.6 is 0 Å². The molecule has 0 spiro atoms. The molecule has 1 aromatic rings. The smallest absolute Gasteiger partial charge is 0.244 e. The van der Waals surface area contributed by atoms with Crippen molar-refractivity contribution in [3.05, 3.63) is 54.1 Å². The molecule has 0 aliphatic carbocycles. The molecule has 0 unspecified atom stereocenters. The normalized spacial score (nSPS) is 36.3. The molecule has 0 N–H and O–H groups in total. The molecular weight excluding hydrogens is 579 g/mol. The number of fused-ring (bicyclic) bond motifs is 9. The van der Waals surface area contributed by atoms with E-state index in [1.165, 1.54) is 0 Å². The molecule has 9 heteroatoms. The summed E-state index contributed by atoms with van der Waals surface area (Å²) < 4.78 is 52.5. The van der Waals surface area contributed by atoms with Gasteiger partial charge >= 0.3 is 0 Å². The van der Waals surface area contributed by atoms with Gasteiger partial charge in [-0.05, 0) is 69.2 Å². The van der Waals surface area contributed by atoms with Gasteiger partial charge in [-0.3, -0.25) is 0 Å². The number of ether oxygens (including phenoxy) is 1. The first kappa shape index (κ1) is 32.3. The summed E-state index contributed by atoms with van der Waals surface area (Å²) in [6.07, 6.45) is 8.28. The number of benzene rings is 1. The van der Waals surface area contributed by atoms with Crippen molar-refractivity contribution in [1.82, 2.24) is 4.31 Å². The average molecular weight is 632 g/mol. The molecule has 4 aliphatic rings. The first-order chi connectivity index (χ1) is 18.9. The molecule has 4 bridgehead atoms. The van der Waals surface area contributed by atoms with E-state index in [0.717, 1.165) is 5.56 Å². The summed E-state index contributed by atoms with van der Waals surface area (Å²) in [6.45, 7) is 29.6. The number of nitrogens with zero attached hydrogens (tertiary/aromatic N) is 1. The molecule has 2 fully saturated rings. The Labute approximate surface area is 257 Å². The topological polar surface area (TPSA) is 65.1 Å². The fourth-order valence-electron chi connectivity index (χ4n) is 7.51. The zero-order valence-corrected chi connectivity index (χ0v) is 30.9. The van der Waals surface area contributed by atoms with Crippen molar-refractivity contribution in [2.24, 2.45) is 10.8 Å². The molecule has 6 nitrogen and oxygen atoms in total. The predicted molar refractivity (Wildman–Crippen MR) is 175 cm³/mol. The lowest BCUT2D eigenvalue weighted by atomic mass is 9.47. The number of hydrogen-bond acceptors (Lipinski definition) is 5. The van der Waals surface area contributed by atoms with Crippen LogP contribution in [0.2, 0.25) is 36.3 Å². The van der Waals surface area contributed by atoms with Crippen molar-refractivity contribution in [1.29, 1.82) is 0 Å². The van der Waals surface area contributed by atoms with Gasteiger partial charge in [0.25, 0.3) is 0 Å². The van der Waals surface area contributed by atoms with Crippen molar-refractivity contribution in [3.8, 4) is 0 Å². The van der Waals surface area contributed by atoms with Crippen LogP contribution < -0.4 is 0 Å². The summed E-state index contributed by atoms with van der Waals surface area (Å²) in [7, 11) is -8.31. The number of sulfonamides is 1. The molecule has 5 rings (SSSR count). The molecule has 234 valence electrons. The third-order valence-corrected chi connectivity index (χ3v) is 23.3. The van der Waals surface area contributed by atoms with Crippen molar-refractivity contribution >= 4 is 26.7 Å². The van der Waals surface area contributed by atoms with Crippen LogP contribution in [0.1, 0.15) is 61.0 Å². The van der Waals surface area contributed by atoms with Gasteiger partial charge in [0.2, 0.25) is 10.0 Å². The number of hydrogen-bond donors (Lipinski definition) is 0. The lowest BCUT2D eigenvalue weighted by Gasteiger charge is -2.56. The Morgan fingerprint density at radius 3 is 1.83 bits per heavy atom. The van der Waals surface area contributed by atoms with Crippen LogP contribution in [0.5, 0.6) is 0 Å². The first-order valence-corrected chi connectivity index (χ1v) is 22.7. The van der Waals surface area contributed by atoms with Crippen LogP contribution in [-0.4, -0.2) is 65.9 Å². The highest BCUT2D eigenvalue weighted by Crippen LogP contribution is 2.77. The summed E-state index contributed by atoms with van der Waals surface area (Å²) >= 11 is 0. The average Bonchev–Trinajstić information content (AvgIpc) is 3.52. The SMILES string of the molecule is Cc1ccc(S(=O)(=O)N2[C@@H]3C=C[C@@]2(C)[C@]2(CO[Si](C)(C)C(C)(C)C)[C@H]4C=C[C@](C)(O4)[C@]32CO[Si](C)(C)C(C)(C)C)cc1. The summed E-state index contributed by atoms with van der Waals surface area (Å²) in [5.74, 6) is 0. The van der Waals surface area contributed by atoms with Gasteiger partial charge in [-0.2, -0.15) is 4.31 Å². The summed E-state index contributed by atoms with van der Waals surface area (Å²) in [4.78, 5) is 0.320. The van der Waals surface area contributed by atoms with Gasteiger partial charge < -0.3 is 13.6 Å². The van der Waals surface area contributed by atoms with Crippen LogP contribution in [0.15, 0.2) is 53.5 Å². The van der Waals surface area contributed by atoms with E-state index in [4.69, 9.17) is 13.6 Å². The molecule has 2 saturated heterocycles. The Morgan fingerprint density at radius 2 is 1.33 bits per heavy atom. The maximum atomic E-state index is 14.7. The third kappa shape index (κ3) is 3.96. The number of rotatable bonds is 8. The fraction of sp³-hybridized carbons (Fsp3) is 0.697. The van der Waals surface area contributed by atoms with E-state index in [1.807, 2.05) is 19.1 Å². The first-order valence-electron chi connectivity index (χ1n) is 15.4. The van der Waals surface area contributed by atoms with E-state index in [9.17, 15) is 8.42 Å². The Bertz CT molecular complexity index is 1390. The molecule has 1 aromatic carbocycles. The van der Waals surface area contributed by atoms with E-state index in [0.29, 0.717) is 18.1 Å². The molecule has 0 amide bonds. The summed E-state index contributed by atoms with van der Waals surface area (Å²) in [6, 6.07) is 6.80. The minimum Gasteiger partial charge on any atom is -0.416 e. The highest BCUT2D eigenvalue weighted by Gasteiger charge is 2.88. The minimum atomic E-state index is -3.88. The standard InChI is InChI=1S/C33H53NO5SSi2/c1-24-14-16-25(17-15-24)40(35,36)34-26-18-20-30(34,8)33(23-38-42(12,13)29(5,6)7)27-19-21-31(9,39-27)32(26,33)22-37-41(10,11)28(2,3)4/h14-21,26-27H,22-23H2,1-13H3/t26-,27-,30+,31+,32+,33+/m1/s1. The highest BCUT2D eigenvalue weighted by molar-refractivity contribution is 7.89. The van der Waals surface area contributed by atoms with Crippen LogP contribution in [0, 0.1) is 17.8 Å². The van der Waals surface area contributed by atoms with Crippen molar-refractivity contribution in [3.63, 3.8) is 0 Å². The van der Waals surface area contributed by atoms with E-state index in [2.05, 4.69) is 106 Å². The van der Waals surface area contributed by atoms with Crippen LogP contribution in [0.25, 0.3) is 0 Å². The summed E-state index contributed by atoms with van der Waals surface area (Å²) in [5, 5.41) is 0.00830. The Balaban J connectivity index is 1.73. The van der Waals surface area contributed by atoms with Crippen LogP contribution in [0.4, 0.5) is 0 Å². The van der Waals surface area contributed by atoms with Gasteiger partial charge in [0.1, 0.15) is 0 Å². The molecule has 0 saturated carbocycles. The predicted octanol–water partition coefficient (Wildman–Crippen LogP) is 7.44. The van der Waals surface area contributed by atoms with Gasteiger partial charge in [0.05, 0.1) is 39.0 Å². The van der Waals surface area contributed by atoms with E-state index < -0.39 is 54.7 Å². The van der Waals surface area contributed by atoms with Gasteiger partial charge in [-0.15, -0.1) is 0 Å². The molecule has 0 aromatic heterocycles. The molecule has 42 heavy (non-hydrogen) atoms. The van der Waals surface area contributed by atoms with Gasteiger partial charge in [-0.25, -0.2) is 8.42 Å². The van der Waals surface area contributed by atoms with E-state index in [-0.39, 0.29) is 16.2 Å². The molecular formula is C33H53NO5SSi2. The maximum Gasteiger partial charge on any atom is 0.244 e. The highest BCUT2D eigenvalue weighted by atomic mass is 32.2. The van der Waals surface area contributed by atoms with Gasteiger partial charge in [0, 0.05) is 13.2 Å². The second-order valence-corrected chi connectivity index (χ2v) is 28.0. The zero-order chi connectivity index (χ0) is 31.6. The van der Waals surface area contributed by atoms with Crippen LogP contribution in [0.3, 0.4) is 0 Å². The van der Waals surface area contributed by atoms with E-state index >= 15 is 0 Å². The molecule has 0 radical (unpaired) electrons. The quantitative estimate of drug-likeness (QED) is 0.220. The van der Waals surface area contributed by atoms with Crippen molar-refractivity contribution in [2.45, 2.75) is 127 Å². The van der Waals surface area contributed by atoms with E-state index in [1.54, 1.807) is 16.4 Å². The molecule has 4 heterocycles. The van der Waals surface area contributed by atoms with Crippen molar-refractivity contribution < 1.29 is 22.0 Å². The largest absolute Gasteiger partial charge is 0.416 e.